The Hall–Kier alpha value is -2.77. The van der Waals surface area contributed by atoms with E-state index >= 15 is 0 Å². The van der Waals surface area contributed by atoms with Gasteiger partial charge in [0.05, 0.1) is 0 Å². The fourth-order valence-corrected chi connectivity index (χ4v) is 2.68. The van der Waals surface area contributed by atoms with Gasteiger partial charge in [-0.05, 0) is 37.3 Å². The highest BCUT2D eigenvalue weighted by Crippen LogP contribution is 2.28. The van der Waals surface area contributed by atoms with Gasteiger partial charge in [-0.2, -0.15) is 4.98 Å². The molecule has 1 fully saturated rings. The van der Waals surface area contributed by atoms with E-state index in [0.717, 1.165) is 18.4 Å². The van der Waals surface area contributed by atoms with Gasteiger partial charge in [0.2, 0.25) is 23.5 Å². The molecule has 144 valence electrons. The van der Waals surface area contributed by atoms with Crippen molar-refractivity contribution >= 4 is 11.8 Å². The van der Waals surface area contributed by atoms with E-state index in [-0.39, 0.29) is 29.7 Å². The maximum Gasteiger partial charge on any atom is 0.249 e. The minimum atomic E-state index is -0.364. The topological polar surface area (TPSA) is 110 Å². The second-order valence-corrected chi connectivity index (χ2v) is 7.16. The van der Waals surface area contributed by atoms with Crippen LogP contribution in [0.25, 0.3) is 11.4 Å². The number of aromatic nitrogens is 3. The standard InChI is InChI=1S/C19H25N5O3/c1-12(2)16(19-23-17(24-27-19)14-5-3-9-20-11-14)22-15(25)6-4-10-21-18(26)13-7-8-13/h3,5,9,11-13,16H,4,6-8,10H2,1-2H3,(H,21,26)(H,22,25). The third-order valence-electron chi connectivity index (χ3n) is 4.44. The summed E-state index contributed by atoms with van der Waals surface area (Å²) in [6.07, 6.45) is 6.22. The van der Waals surface area contributed by atoms with E-state index in [4.69, 9.17) is 4.52 Å². The molecular formula is C19H25N5O3. The van der Waals surface area contributed by atoms with Crippen molar-refractivity contribution in [2.75, 3.05) is 6.54 Å². The summed E-state index contributed by atoms with van der Waals surface area (Å²) in [5.41, 5.74) is 0.757. The Morgan fingerprint density at radius 3 is 2.81 bits per heavy atom. The highest BCUT2D eigenvalue weighted by Gasteiger charge is 2.29. The first kappa shape index (κ1) is 19.0. The number of pyridine rings is 1. The van der Waals surface area contributed by atoms with Gasteiger partial charge in [0, 0.05) is 36.8 Å². The van der Waals surface area contributed by atoms with Crippen LogP contribution in [-0.4, -0.2) is 33.5 Å². The summed E-state index contributed by atoms with van der Waals surface area (Å²) in [6, 6.07) is 3.28. The number of hydrogen-bond donors (Lipinski definition) is 2. The fraction of sp³-hybridized carbons (Fsp3) is 0.526. The molecule has 2 amide bonds. The predicted molar refractivity (Wildman–Crippen MR) is 98.2 cm³/mol. The Balaban J connectivity index is 1.52. The third kappa shape index (κ3) is 5.35. The van der Waals surface area contributed by atoms with Crippen molar-refractivity contribution in [3.63, 3.8) is 0 Å². The summed E-state index contributed by atoms with van der Waals surface area (Å²) in [5, 5.41) is 9.81. The zero-order valence-corrected chi connectivity index (χ0v) is 15.6. The van der Waals surface area contributed by atoms with Crippen molar-refractivity contribution in [1.29, 1.82) is 0 Å². The van der Waals surface area contributed by atoms with Crippen LogP contribution in [0.15, 0.2) is 29.0 Å². The van der Waals surface area contributed by atoms with E-state index in [1.165, 1.54) is 0 Å². The molecule has 3 rings (SSSR count). The van der Waals surface area contributed by atoms with Crippen LogP contribution in [0.5, 0.6) is 0 Å². The summed E-state index contributed by atoms with van der Waals surface area (Å²) in [7, 11) is 0. The van der Waals surface area contributed by atoms with E-state index in [1.807, 2.05) is 19.9 Å². The van der Waals surface area contributed by atoms with Gasteiger partial charge in [-0.3, -0.25) is 14.6 Å². The lowest BCUT2D eigenvalue weighted by molar-refractivity contribution is -0.124. The van der Waals surface area contributed by atoms with Crippen LogP contribution in [0.3, 0.4) is 0 Å². The average Bonchev–Trinajstić information content (AvgIpc) is 3.41. The summed E-state index contributed by atoms with van der Waals surface area (Å²) < 4.78 is 5.37. The maximum atomic E-state index is 12.3. The summed E-state index contributed by atoms with van der Waals surface area (Å²) >= 11 is 0. The number of amides is 2. The average molecular weight is 371 g/mol. The van der Waals surface area contributed by atoms with Crippen LogP contribution in [-0.2, 0) is 9.59 Å². The maximum absolute atomic E-state index is 12.3. The van der Waals surface area contributed by atoms with Crippen LogP contribution >= 0.6 is 0 Å². The second kappa shape index (κ2) is 8.75. The largest absolute Gasteiger partial charge is 0.356 e. The molecule has 2 N–H and O–H groups in total. The molecule has 1 atom stereocenters. The molecule has 2 aromatic rings. The van der Waals surface area contributed by atoms with Gasteiger partial charge >= 0.3 is 0 Å². The molecule has 0 aromatic carbocycles. The monoisotopic (exact) mass is 371 g/mol. The molecule has 27 heavy (non-hydrogen) atoms. The highest BCUT2D eigenvalue weighted by molar-refractivity contribution is 5.81. The van der Waals surface area contributed by atoms with Crippen molar-refractivity contribution < 1.29 is 14.1 Å². The molecule has 2 aromatic heterocycles. The Labute approximate surface area is 158 Å². The normalized spacial score (nSPS) is 14.8. The van der Waals surface area contributed by atoms with Crippen LogP contribution in [0.2, 0.25) is 0 Å². The number of hydrogen-bond acceptors (Lipinski definition) is 6. The molecule has 8 nitrogen and oxygen atoms in total. The van der Waals surface area contributed by atoms with E-state index in [2.05, 4.69) is 25.8 Å². The number of nitrogens with zero attached hydrogens (tertiary/aromatic N) is 3. The molecule has 2 heterocycles. The molecule has 8 heteroatoms. The van der Waals surface area contributed by atoms with E-state index in [9.17, 15) is 9.59 Å². The lowest BCUT2D eigenvalue weighted by Gasteiger charge is -2.18. The predicted octanol–water partition coefficient (Wildman–Crippen LogP) is 2.25. The molecule has 1 aliphatic rings. The second-order valence-electron chi connectivity index (χ2n) is 7.16. The van der Waals surface area contributed by atoms with Crippen molar-refractivity contribution in [1.82, 2.24) is 25.8 Å². The summed E-state index contributed by atoms with van der Waals surface area (Å²) in [5.74, 6) is 1.10. The quantitative estimate of drug-likeness (QED) is 0.654. The molecule has 0 saturated heterocycles. The summed E-state index contributed by atoms with van der Waals surface area (Å²) in [6.45, 7) is 4.48. The lowest BCUT2D eigenvalue weighted by Crippen LogP contribution is -2.33. The first-order valence-corrected chi connectivity index (χ1v) is 9.35. The number of carbonyl (C=O) groups excluding carboxylic acids is 2. The number of carbonyl (C=O) groups is 2. The molecule has 0 aliphatic heterocycles. The van der Waals surface area contributed by atoms with Crippen LogP contribution in [0.4, 0.5) is 0 Å². The Bertz CT molecular complexity index is 771. The Kier molecular flexibility index (Phi) is 6.16. The van der Waals surface area contributed by atoms with Crippen LogP contribution in [0, 0.1) is 11.8 Å². The fourth-order valence-electron chi connectivity index (χ4n) is 2.68. The van der Waals surface area contributed by atoms with Gasteiger partial charge in [-0.15, -0.1) is 0 Å². The molecule has 1 unspecified atom stereocenters. The number of nitrogens with one attached hydrogen (secondary N) is 2. The third-order valence-corrected chi connectivity index (χ3v) is 4.44. The minimum Gasteiger partial charge on any atom is -0.356 e. The van der Waals surface area contributed by atoms with Crippen LogP contribution in [0.1, 0.15) is 51.5 Å². The van der Waals surface area contributed by atoms with Crippen LogP contribution < -0.4 is 10.6 Å². The molecule has 1 aliphatic carbocycles. The van der Waals surface area contributed by atoms with Gasteiger partial charge in [0.1, 0.15) is 6.04 Å². The first-order valence-electron chi connectivity index (χ1n) is 9.35. The van der Waals surface area contributed by atoms with E-state index < -0.39 is 0 Å². The van der Waals surface area contributed by atoms with Crippen molar-refractivity contribution in [2.45, 2.75) is 45.6 Å². The zero-order chi connectivity index (χ0) is 19.2. The molecule has 0 spiro atoms. The molecule has 0 bridgehead atoms. The van der Waals surface area contributed by atoms with Crippen molar-refractivity contribution in [3.05, 3.63) is 30.4 Å². The molecule has 0 radical (unpaired) electrons. The molecule has 1 saturated carbocycles. The lowest BCUT2D eigenvalue weighted by atomic mass is 10.0. The SMILES string of the molecule is CC(C)C(NC(=O)CCCNC(=O)C1CC1)c1nc(-c2cccnc2)no1. The van der Waals surface area contributed by atoms with Crippen molar-refractivity contribution in [3.8, 4) is 11.4 Å². The minimum absolute atomic E-state index is 0.0886. The van der Waals surface area contributed by atoms with Gasteiger partial charge in [-0.1, -0.05) is 19.0 Å². The van der Waals surface area contributed by atoms with E-state index in [0.29, 0.717) is 31.1 Å². The van der Waals surface area contributed by atoms with Gasteiger partial charge in [-0.25, -0.2) is 0 Å². The number of rotatable bonds is 9. The molecular weight excluding hydrogens is 346 g/mol. The first-order chi connectivity index (χ1) is 13.0. The van der Waals surface area contributed by atoms with Gasteiger partial charge in [0.15, 0.2) is 0 Å². The highest BCUT2D eigenvalue weighted by atomic mass is 16.5. The van der Waals surface area contributed by atoms with Gasteiger partial charge in [0.25, 0.3) is 0 Å². The zero-order valence-electron chi connectivity index (χ0n) is 15.6. The van der Waals surface area contributed by atoms with E-state index in [1.54, 1.807) is 18.5 Å². The Morgan fingerprint density at radius 1 is 1.33 bits per heavy atom. The van der Waals surface area contributed by atoms with Crippen molar-refractivity contribution in [2.24, 2.45) is 11.8 Å². The smallest absolute Gasteiger partial charge is 0.249 e. The Morgan fingerprint density at radius 2 is 2.15 bits per heavy atom. The summed E-state index contributed by atoms with van der Waals surface area (Å²) in [4.78, 5) is 32.3. The van der Waals surface area contributed by atoms with Gasteiger partial charge < -0.3 is 15.2 Å².